The van der Waals surface area contributed by atoms with Crippen LogP contribution in [0, 0.1) is 5.92 Å². The molecule has 1 heterocycles. The molecule has 20 heavy (non-hydrogen) atoms. The Balaban J connectivity index is 2.89. The summed E-state index contributed by atoms with van der Waals surface area (Å²) in [5.74, 6) is -0.871. The summed E-state index contributed by atoms with van der Waals surface area (Å²) in [6.07, 6.45) is 2.38. The van der Waals surface area contributed by atoms with Crippen LogP contribution in [0.5, 0.6) is 0 Å². The molecule has 6 heteroatoms. The van der Waals surface area contributed by atoms with Gasteiger partial charge in [0.1, 0.15) is 12.1 Å². The first-order valence-corrected chi connectivity index (χ1v) is 7.04. The Morgan fingerprint density at radius 2 is 1.90 bits per heavy atom. The molecule has 0 aromatic heterocycles. The largest absolute Gasteiger partial charge is 0.467 e. The highest BCUT2D eigenvalue weighted by Gasteiger charge is 2.37. The number of likely N-dealkylation sites (tertiary alicyclic amines) is 1. The van der Waals surface area contributed by atoms with Crippen LogP contribution in [0.2, 0.25) is 0 Å². The number of methoxy groups -OCH3 is 1. The molecule has 2 unspecified atom stereocenters. The minimum atomic E-state index is -0.599. The quantitative estimate of drug-likeness (QED) is 0.771. The maximum absolute atomic E-state index is 12.6. The van der Waals surface area contributed by atoms with Gasteiger partial charge in [0.05, 0.1) is 7.11 Å². The maximum Gasteiger partial charge on any atom is 0.328 e. The Labute approximate surface area is 119 Å². The lowest BCUT2D eigenvalue weighted by Gasteiger charge is -2.37. The Morgan fingerprint density at radius 1 is 1.25 bits per heavy atom. The van der Waals surface area contributed by atoms with Gasteiger partial charge in [0.25, 0.3) is 0 Å². The number of esters is 1. The van der Waals surface area contributed by atoms with E-state index in [0.717, 1.165) is 12.8 Å². The zero-order valence-corrected chi connectivity index (χ0v) is 12.6. The molecule has 2 atom stereocenters. The molecule has 1 saturated heterocycles. The highest BCUT2D eigenvalue weighted by molar-refractivity contribution is 5.90. The number of carbonyl (C=O) groups is 3. The summed E-state index contributed by atoms with van der Waals surface area (Å²) in [7, 11) is 1.33. The highest BCUT2D eigenvalue weighted by atomic mass is 16.5. The molecule has 0 aliphatic carbocycles. The molecule has 0 radical (unpaired) electrons. The molecule has 0 aromatic rings. The lowest BCUT2D eigenvalue weighted by Crippen LogP contribution is -2.57. The van der Waals surface area contributed by atoms with Gasteiger partial charge in [0.15, 0.2) is 0 Å². The number of hydrogen-bond acceptors (Lipinski definition) is 4. The molecule has 2 amide bonds. The molecule has 1 aliphatic heterocycles. The van der Waals surface area contributed by atoms with Crippen LogP contribution in [-0.2, 0) is 19.1 Å². The van der Waals surface area contributed by atoms with Crippen molar-refractivity contribution in [3.05, 3.63) is 0 Å². The van der Waals surface area contributed by atoms with Gasteiger partial charge in [-0.2, -0.15) is 0 Å². The summed E-state index contributed by atoms with van der Waals surface area (Å²) in [6, 6.07) is -1.13. The predicted molar refractivity (Wildman–Crippen MR) is 73.8 cm³/mol. The van der Waals surface area contributed by atoms with E-state index in [1.807, 2.05) is 13.8 Å². The normalized spacial score (nSPS) is 20.4. The van der Waals surface area contributed by atoms with Crippen LogP contribution in [0.25, 0.3) is 0 Å². The van der Waals surface area contributed by atoms with Crippen molar-refractivity contribution in [2.45, 2.75) is 52.1 Å². The number of rotatable bonds is 4. The van der Waals surface area contributed by atoms with E-state index in [1.165, 1.54) is 14.0 Å². The van der Waals surface area contributed by atoms with Gasteiger partial charge in [0.2, 0.25) is 11.8 Å². The molecule has 114 valence electrons. The van der Waals surface area contributed by atoms with E-state index in [-0.39, 0.29) is 23.7 Å². The molecule has 0 saturated carbocycles. The van der Waals surface area contributed by atoms with E-state index in [4.69, 9.17) is 4.74 Å². The zero-order valence-electron chi connectivity index (χ0n) is 12.6. The molecule has 0 bridgehead atoms. The van der Waals surface area contributed by atoms with Crippen molar-refractivity contribution in [3.8, 4) is 0 Å². The first-order chi connectivity index (χ1) is 9.38. The molecule has 1 fully saturated rings. The van der Waals surface area contributed by atoms with Gasteiger partial charge in [-0.15, -0.1) is 0 Å². The van der Waals surface area contributed by atoms with Gasteiger partial charge >= 0.3 is 5.97 Å². The van der Waals surface area contributed by atoms with Crippen LogP contribution in [0.15, 0.2) is 0 Å². The fourth-order valence-electron chi connectivity index (χ4n) is 2.49. The van der Waals surface area contributed by atoms with Crippen LogP contribution < -0.4 is 5.32 Å². The first kappa shape index (κ1) is 16.5. The second-order valence-electron chi connectivity index (χ2n) is 5.49. The molecule has 1 rings (SSSR count). The number of hydrogen-bond donors (Lipinski definition) is 1. The summed E-state index contributed by atoms with van der Waals surface area (Å²) < 4.78 is 4.77. The molecule has 0 aromatic carbocycles. The van der Waals surface area contributed by atoms with Gasteiger partial charge in [-0.25, -0.2) is 4.79 Å². The van der Waals surface area contributed by atoms with Crippen LogP contribution in [0.3, 0.4) is 0 Å². The average molecular weight is 284 g/mol. The third-order valence-electron chi connectivity index (χ3n) is 3.55. The van der Waals surface area contributed by atoms with Crippen molar-refractivity contribution in [2.75, 3.05) is 13.7 Å². The van der Waals surface area contributed by atoms with Crippen molar-refractivity contribution in [2.24, 2.45) is 5.92 Å². The SMILES string of the molecule is COC(=O)C1CCCCN1C(=O)C(NC(C)=O)C(C)C. The van der Waals surface area contributed by atoms with E-state index < -0.39 is 12.1 Å². The fraction of sp³-hybridized carbons (Fsp3) is 0.786. The first-order valence-electron chi connectivity index (χ1n) is 7.04. The fourth-order valence-corrected chi connectivity index (χ4v) is 2.49. The van der Waals surface area contributed by atoms with E-state index >= 15 is 0 Å². The van der Waals surface area contributed by atoms with Crippen molar-refractivity contribution in [3.63, 3.8) is 0 Å². The van der Waals surface area contributed by atoms with E-state index in [9.17, 15) is 14.4 Å². The number of piperidine rings is 1. The smallest absolute Gasteiger partial charge is 0.328 e. The van der Waals surface area contributed by atoms with Crippen LogP contribution in [0.1, 0.15) is 40.0 Å². The second kappa shape index (κ2) is 7.26. The van der Waals surface area contributed by atoms with E-state index in [2.05, 4.69) is 5.32 Å². The maximum atomic E-state index is 12.6. The second-order valence-corrected chi connectivity index (χ2v) is 5.49. The summed E-state index contributed by atoms with van der Waals surface area (Å²) >= 11 is 0. The van der Waals surface area contributed by atoms with Crippen molar-refractivity contribution in [1.29, 1.82) is 0 Å². The molecule has 1 N–H and O–H groups in total. The number of nitrogens with one attached hydrogen (secondary N) is 1. The van der Waals surface area contributed by atoms with Crippen molar-refractivity contribution >= 4 is 17.8 Å². The third-order valence-corrected chi connectivity index (χ3v) is 3.55. The Kier molecular flexibility index (Phi) is 5.98. The van der Waals surface area contributed by atoms with Gasteiger partial charge in [-0.05, 0) is 25.2 Å². The van der Waals surface area contributed by atoms with Crippen molar-refractivity contribution < 1.29 is 19.1 Å². The van der Waals surface area contributed by atoms with Crippen LogP contribution >= 0.6 is 0 Å². The summed E-state index contributed by atoms with van der Waals surface area (Å²) in [4.78, 5) is 37.2. The Hall–Kier alpha value is -1.59. The number of nitrogens with zero attached hydrogens (tertiary/aromatic N) is 1. The number of carbonyl (C=O) groups excluding carboxylic acids is 3. The summed E-state index contributed by atoms with van der Waals surface area (Å²) in [5, 5.41) is 2.67. The molecule has 1 aliphatic rings. The molecule has 6 nitrogen and oxygen atoms in total. The van der Waals surface area contributed by atoms with E-state index in [1.54, 1.807) is 4.90 Å². The zero-order chi connectivity index (χ0) is 15.3. The number of ether oxygens (including phenoxy) is 1. The minimum Gasteiger partial charge on any atom is -0.467 e. The number of amides is 2. The van der Waals surface area contributed by atoms with Gasteiger partial charge in [-0.1, -0.05) is 13.8 Å². The standard InChI is InChI=1S/C14H24N2O4/c1-9(2)12(15-10(3)17)13(18)16-8-6-5-7-11(16)14(19)20-4/h9,11-12H,5-8H2,1-4H3,(H,15,17). The minimum absolute atomic E-state index is 0.0355. The van der Waals surface area contributed by atoms with Crippen LogP contribution in [-0.4, -0.2) is 48.4 Å². The predicted octanol–water partition coefficient (Wildman–Crippen LogP) is 0.701. The molecular weight excluding hydrogens is 260 g/mol. The Bertz CT molecular complexity index is 381. The third kappa shape index (κ3) is 3.95. The van der Waals surface area contributed by atoms with Crippen molar-refractivity contribution in [1.82, 2.24) is 10.2 Å². The monoisotopic (exact) mass is 284 g/mol. The molecular formula is C14H24N2O4. The lowest BCUT2D eigenvalue weighted by atomic mass is 9.97. The summed E-state index contributed by atoms with van der Waals surface area (Å²) in [6.45, 7) is 5.66. The summed E-state index contributed by atoms with van der Waals surface area (Å²) in [5.41, 5.74) is 0. The van der Waals surface area contributed by atoms with E-state index in [0.29, 0.717) is 13.0 Å². The van der Waals surface area contributed by atoms with Gasteiger partial charge < -0.3 is 15.0 Å². The Morgan fingerprint density at radius 3 is 2.40 bits per heavy atom. The van der Waals surface area contributed by atoms with Gasteiger partial charge in [-0.3, -0.25) is 9.59 Å². The van der Waals surface area contributed by atoms with Gasteiger partial charge in [0, 0.05) is 13.5 Å². The topological polar surface area (TPSA) is 75.7 Å². The highest BCUT2D eigenvalue weighted by Crippen LogP contribution is 2.20. The lowest BCUT2D eigenvalue weighted by molar-refractivity contribution is -0.156. The molecule has 0 spiro atoms. The average Bonchev–Trinajstić information content (AvgIpc) is 2.42. The van der Waals surface area contributed by atoms with Crippen LogP contribution in [0.4, 0.5) is 0 Å².